The molecule has 0 bridgehead atoms. The van der Waals surface area contributed by atoms with Gasteiger partial charge in [-0.1, -0.05) is 36.4 Å². The van der Waals surface area contributed by atoms with E-state index in [1.165, 1.54) is 6.07 Å². The summed E-state index contributed by atoms with van der Waals surface area (Å²) >= 11 is 0. The van der Waals surface area contributed by atoms with Gasteiger partial charge in [-0.3, -0.25) is 10.2 Å². The van der Waals surface area contributed by atoms with Crippen molar-refractivity contribution in [1.29, 1.82) is 5.41 Å². The van der Waals surface area contributed by atoms with Crippen molar-refractivity contribution < 1.29 is 13.2 Å². The first-order chi connectivity index (χ1) is 11.8. The summed E-state index contributed by atoms with van der Waals surface area (Å²) in [4.78, 5) is 11.7. The summed E-state index contributed by atoms with van der Waals surface area (Å²) in [6.07, 6.45) is 0.616. The quantitative estimate of drug-likeness (QED) is 0.258. The maximum atomic E-state index is 12.7. The number of guanidine groups is 1. The Morgan fingerprint density at radius 1 is 1.12 bits per heavy atom. The van der Waals surface area contributed by atoms with Crippen LogP contribution >= 0.6 is 0 Å². The molecule has 0 aromatic heterocycles. The highest BCUT2D eigenvalue weighted by Gasteiger charge is 2.25. The Morgan fingerprint density at radius 3 is 2.48 bits per heavy atom. The minimum atomic E-state index is -3.92. The lowest BCUT2D eigenvalue weighted by molar-refractivity contribution is -0.119. The lowest BCUT2D eigenvalue weighted by Gasteiger charge is -2.17. The summed E-state index contributed by atoms with van der Waals surface area (Å²) in [5.41, 5.74) is 10.5. The lowest BCUT2D eigenvalue weighted by atomic mass is 10.1. The van der Waals surface area contributed by atoms with Crippen molar-refractivity contribution in [3.63, 3.8) is 0 Å². The number of hydrogen-bond donors (Lipinski definition) is 5. The van der Waals surface area contributed by atoms with Gasteiger partial charge in [0, 0.05) is 11.9 Å². The first-order valence-corrected chi connectivity index (χ1v) is 9.17. The monoisotopic (exact) mass is 363 g/mol. The molecule has 1 amide bonds. The average Bonchev–Trinajstić information content (AvgIpc) is 2.56. The smallest absolute Gasteiger partial charge is 0.241 e. The minimum Gasteiger partial charge on any atom is -0.370 e. The van der Waals surface area contributed by atoms with Crippen LogP contribution in [0.1, 0.15) is 12.8 Å². The molecule has 25 heavy (non-hydrogen) atoms. The Labute approximate surface area is 146 Å². The number of amides is 1. The third kappa shape index (κ3) is 4.91. The number of carbonyl (C=O) groups excluding carboxylic acids is 1. The summed E-state index contributed by atoms with van der Waals surface area (Å²) in [6.45, 7) is 0.342. The van der Waals surface area contributed by atoms with Gasteiger partial charge in [0.15, 0.2) is 5.96 Å². The second-order valence-corrected chi connectivity index (χ2v) is 7.22. The number of fused-ring (bicyclic) bond motifs is 1. The first-order valence-electron chi connectivity index (χ1n) is 7.68. The zero-order valence-corrected chi connectivity index (χ0v) is 14.3. The molecule has 2 aromatic carbocycles. The normalized spacial score (nSPS) is 12.6. The fourth-order valence-corrected chi connectivity index (χ4v) is 3.94. The zero-order chi connectivity index (χ0) is 18.4. The van der Waals surface area contributed by atoms with E-state index in [1.807, 2.05) is 18.2 Å². The van der Waals surface area contributed by atoms with E-state index in [1.54, 1.807) is 18.2 Å². The zero-order valence-electron chi connectivity index (χ0n) is 13.5. The van der Waals surface area contributed by atoms with Gasteiger partial charge in [-0.25, -0.2) is 8.42 Å². The molecule has 0 saturated heterocycles. The molecule has 0 heterocycles. The van der Waals surface area contributed by atoms with Crippen LogP contribution < -0.4 is 21.5 Å². The van der Waals surface area contributed by atoms with Gasteiger partial charge in [-0.2, -0.15) is 4.72 Å². The number of sulfonamides is 1. The van der Waals surface area contributed by atoms with Crippen molar-refractivity contribution in [3.05, 3.63) is 42.5 Å². The van der Waals surface area contributed by atoms with Crippen LogP contribution in [0.5, 0.6) is 0 Å². The Morgan fingerprint density at radius 2 is 1.80 bits per heavy atom. The van der Waals surface area contributed by atoms with Crippen LogP contribution in [0.15, 0.2) is 47.4 Å². The second kappa shape index (κ2) is 7.95. The Balaban J connectivity index is 2.19. The summed E-state index contributed by atoms with van der Waals surface area (Å²) in [6, 6.07) is 11.0. The van der Waals surface area contributed by atoms with E-state index in [9.17, 15) is 13.2 Å². The number of primary amides is 1. The number of nitrogens with two attached hydrogens (primary N) is 2. The van der Waals surface area contributed by atoms with Crippen molar-refractivity contribution in [2.75, 3.05) is 6.54 Å². The van der Waals surface area contributed by atoms with E-state index in [0.717, 1.165) is 5.39 Å². The third-order valence-electron chi connectivity index (χ3n) is 3.67. The maximum Gasteiger partial charge on any atom is 0.241 e. The molecule has 0 radical (unpaired) electrons. The maximum absolute atomic E-state index is 12.7. The molecule has 8 nitrogen and oxygen atoms in total. The summed E-state index contributed by atoms with van der Waals surface area (Å²) in [5, 5.41) is 11.0. The fourth-order valence-electron chi connectivity index (χ4n) is 2.47. The van der Waals surface area contributed by atoms with Gasteiger partial charge in [0.05, 0.1) is 4.90 Å². The summed E-state index contributed by atoms with van der Waals surface area (Å²) in [7, 11) is -3.92. The van der Waals surface area contributed by atoms with Crippen LogP contribution in [0.2, 0.25) is 0 Å². The predicted molar refractivity (Wildman–Crippen MR) is 96.4 cm³/mol. The van der Waals surface area contributed by atoms with Crippen molar-refractivity contribution in [2.24, 2.45) is 11.5 Å². The molecule has 0 aliphatic carbocycles. The second-order valence-electron chi connectivity index (χ2n) is 5.54. The minimum absolute atomic E-state index is 0.0960. The lowest BCUT2D eigenvalue weighted by Crippen LogP contribution is -2.44. The van der Waals surface area contributed by atoms with Crippen LogP contribution in [0.3, 0.4) is 0 Å². The third-order valence-corrected chi connectivity index (χ3v) is 5.19. The van der Waals surface area contributed by atoms with Crippen molar-refractivity contribution in [3.8, 4) is 0 Å². The molecule has 0 saturated carbocycles. The first kappa shape index (κ1) is 18.7. The molecule has 2 aromatic rings. The van der Waals surface area contributed by atoms with Crippen molar-refractivity contribution in [2.45, 2.75) is 23.8 Å². The molecule has 134 valence electrons. The van der Waals surface area contributed by atoms with E-state index in [4.69, 9.17) is 16.9 Å². The van der Waals surface area contributed by atoms with Crippen LogP contribution in [-0.4, -0.2) is 32.9 Å². The van der Waals surface area contributed by atoms with E-state index < -0.39 is 22.0 Å². The van der Waals surface area contributed by atoms with E-state index in [2.05, 4.69) is 10.0 Å². The van der Waals surface area contributed by atoms with E-state index >= 15 is 0 Å². The number of rotatable bonds is 8. The fraction of sp³-hybridized carbons (Fsp3) is 0.250. The molecule has 0 unspecified atom stereocenters. The van der Waals surface area contributed by atoms with Gasteiger partial charge in [-0.15, -0.1) is 0 Å². The Bertz CT molecular complexity index is 877. The number of benzene rings is 2. The number of nitrogens with one attached hydrogen (secondary N) is 3. The molecule has 2 rings (SSSR count). The van der Waals surface area contributed by atoms with E-state index in [0.29, 0.717) is 18.4 Å². The average molecular weight is 363 g/mol. The molecule has 0 aliphatic heterocycles. The summed E-state index contributed by atoms with van der Waals surface area (Å²) in [5.74, 6) is -0.946. The van der Waals surface area contributed by atoms with Gasteiger partial charge in [0.25, 0.3) is 0 Å². The van der Waals surface area contributed by atoms with Gasteiger partial charge in [0.2, 0.25) is 15.9 Å². The van der Waals surface area contributed by atoms with Crippen molar-refractivity contribution in [1.82, 2.24) is 10.0 Å². The molecular formula is C16H21N5O3S. The van der Waals surface area contributed by atoms with Crippen LogP contribution in [0, 0.1) is 5.41 Å². The van der Waals surface area contributed by atoms with Gasteiger partial charge in [-0.05, 0) is 24.3 Å². The number of hydrogen-bond acceptors (Lipinski definition) is 4. The highest BCUT2D eigenvalue weighted by atomic mass is 32.2. The molecule has 0 spiro atoms. The Hall–Kier alpha value is -2.65. The van der Waals surface area contributed by atoms with Gasteiger partial charge >= 0.3 is 0 Å². The molecular weight excluding hydrogens is 342 g/mol. The highest BCUT2D eigenvalue weighted by molar-refractivity contribution is 7.89. The standard InChI is InChI=1S/C16H21N5O3S/c17-15(22)13(8-4-10-20-16(18)19)21-25(23,24)14-9-3-6-11-5-1-2-7-12(11)14/h1-3,5-7,9,13,21H,4,8,10H2,(H2,17,22)(H4,18,19,20)/t13-/m0/s1. The van der Waals surface area contributed by atoms with Crippen LogP contribution in [0.25, 0.3) is 10.8 Å². The molecule has 9 heteroatoms. The van der Waals surface area contributed by atoms with Crippen LogP contribution in [0.4, 0.5) is 0 Å². The molecule has 1 atom stereocenters. The van der Waals surface area contributed by atoms with Crippen molar-refractivity contribution >= 4 is 32.7 Å². The molecule has 7 N–H and O–H groups in total. The highest BCUT2D eigenvalue weighted by Crippen LogP contribution is 2.23. The topological polar surface area (TPSA) is 151 Å². The number of carbonyl (C=O) groups is 1. The van der Waals surface area contributed by atoms with Crippen LogP contribution in [-0.2, 0) is 14.8 Å². The predicted octanol–water partition coefficient (Wildman–Crippen LogP) is 0.235. The molecule has 0 fully saturated rings. The van der Waals surface area contributed by atoms with Gasteiger partial charge < -0.3 is 16.8 Å². The SMILES string of the molecule is N=C(N)NCCC[C@H](NS(=O)(=O)c1cccc2ccccc12)C(N)=O. The summed E-state index contributed by atoms with van der Waals surface area (Å²) < 4.78 is 27.8. The Kier molecular flexibility index (Phi) is 5.94. The molecule has 0 aliphatic rings. The van der Waals surface area contributed by atoms with Gasteiger partial charge in [0.1, 0.15) is 6.04 Å². The van der Waals surface area contributed by atoms with E-state index in [-0.39, 0.29) is 17.3 Å². The largest absolute Gasteiger partial charge is 0.370 e.